The molecule has 2 unspecified atom stereocenters. The summed E-state index contributed by atoms with van der Waals surface area (Å²) >= 11 is 0. The zero-order valence-electron chi connectivity index (χ0n) is 22.4. The maximum atomic E-state index is 13.8. The van der Waals surface area contributed by atoms with Crippen LogP contribution in [0.4, 0.5) is 30.6 Å². The van der Waals surface area contributed by atoms with Crippen molar-refractivity contribution in [3.63, 3.8) is 0 Å². The first-order chi connectivity index (χ1) is 18.5. The summed E-state index contributed by atoms with van der Waals surface area (Å²) in [7, 11) is 2.06. The van der Waals surface area contributed by atoms with Crippen LogP contribution in [0, 0.1) is 5.92 Å². The van der Waals surface area contributed by atoms with Crippen molar-refractivity contribution in [2.45, 2.75) is 70.3 Å². The molecular weight excluding hydrogens is 511 g/mol. The Morgan fingerprint density at radius 3 is 2.38 bits per heavy atom. The fourth-order valence-corrected chi connectivity index (χ4v) is 5.03. The Morgan fingerprint density at radius 2 is 1.74 bits per heavy atom. The van der Waals surface area contributed by atoms with E-state index in [1.807, 2.05) is 13.8 Å². The van der Waals surface area contributed by atoms with Crippen LogP contribution in [0.2, 0.25) is 0 Å². The van der Waals surface area contributed by atoms with Gasteiger partial charge in [-0.25, -0.2) is 4.98 Å². The van der Waals surface area contributed by atoms with Crippen LogP contribution in [0.5, 0.6) is 0 Å². The molecule has 0 spiro atoms. The Labute approximate surface area is 226 Å². The monoisotopic (exact) mass is 547 g/mol. The smallest absolute Gasteiger partial charge is 0.366 e. The third-order valence-corrected chi connectivity index (χ3v) is 7.16. The van der Waals surface area contributed by atoms with Crippen LogP contribution in [0.25, 0.3) is 0 Å². The standard InChI is InChI=1S/C27H36F3N7O2/c1-16(2)32-25(39)20-5-4-6-22(20)35-23-21(27(28,29)30)15-31-26(36-23)34-18-9-7-17(8-10-18)24(38)33-19-11-13-37(3)14-12-19/h7-10,15-16,19-20,22H,4-6,11-14H2,1-3H3,(H,32,39)(H,33,38)(H2,31,34,35,36). The van der Waals surface area contributed by atoms with E-state index in [-0.39, 0.29) is 35.7 Å². The third kappa shape index (κ3) is 7.59. The van der Waals surface area contributed by atoms with Gasteiger partial charge >= 0.3 is 6.18 Å². The average molecular weight is 548 g/mol. The van der Waals surface area contributed by atoms with Gasteiger partial charge in [-0.3, -0.25) is 9.59 Å². The minimum absolute atomic E-state index is 0.0322. The number of amides is 2. The van der Waals surface area contributed by atoms with Gasteiger partial charge < -0.3 is 26.2 Å². The summed E-state index contributed by atoms with van der Waals surface area (Å²) in [5.74, 6) is -1.20. The lowest BCUT2D eigenvalue weighted by Gasteiger charge is -2.29. The van der Waals surface area contributed by atoms with Crippen molar-refractivity contribution in [3.8, 4) is 0 Å². The normalized spacial score (nSPS) is 20.6. The SMILES string of the molecule is CC(C)NC(=O)C1CCCC1Nc1nc(Nc2ccc(C(=O)NC3CCN(C)CC3)cc2)ncc1C(F)(F)F. The van der Waals surface area contributed by atoms with Crippen LogP contribution < -0.4 is 21.3 Å². The quantitative estimate of drug-likeness (QED) is 0.393. The van der Waals surface area contributed by atoms with Crippen molar-refractivity contribution < 1.29 is 22.8 Å². The van der Waals surface area contributed by atoms with Crippen molar-refractivity contribution in [2.24, 2.45) is 5.92 Å². The number of nitrogens with one attached hydrogen (secondary N) is 4. The highest BCUT2D eigenvalue weighted by molar-refractivity contribution is 5.94. The molecule has 2 heterocycles. The van der Waals surface area contributed by atoms with Crippen molar-refractivity contribution in [3.05, 3.63) is 41.6 Å². The lowest BCUT2D eigenvalue weighted by Crippen LogP contribution is -2.43. The first kappa shape index (κ1) is 28.6. The highest BCUT2D eigenvalue weighted by Crippen LogP contribution is 2.36. The van der Waals surface area contributed by atoms with E-state index in [0.29, 0.717) is 24.1 Å². The fourth-order valence-electron chi connectivity index (χ4n) is 5.03. The first-order valence-electron chi connectivity index (χ1n) is 13.4. The molecule has 1 saturated carbocycles. The summed E-state index contributed by atoms with van der Waals surface area (Å²) in [6.07, 6.45) is -0.270. The van der Waals surface area contributed by atoms with Gasteiger partial charge in [-0.05, 0) is 83.9 Å². The van der Waals surface area contributed by atoms with Gasteiger partial charge in [0.1, 0.15) is 11.4 Å². The Bertz CT molecular complexity index is 1150. The maximum Gasteiger partial charge on any atom is 0.421 e. The van der Waals surface area contributed by atoms with Crippen LogP contribution in [-0.2, 0) is 11.0 Å². The molecule has 2 aromatic rings. The molecule has 0 bridgehead atoms. The van der Waals surface area contributed by atoms with Crippen LogP contribution in [0.3, 0.4) is 0 Å². The van der Waals surface area contributed by atoms with E-state index in [1.54, 1.807) is 24.3 Å². The number of hydrogen-bond acceptors (Lipinski definition) is 7. The summed E-state index contributed by atoms with van der Waals surface area (Å²) < 4.78 is 41.3. The molecule has 4 N–H and O–H groups in total. The number of aromatic nitrogens is 2. The van der Waals surface area contributed by atoms with Gasteiger partial charge in [0.2, 0.25) is 11.9 Å². The molecule has 9 nitrogen and oxygen atoms in total. The van der Waals surface area contributed by atoms with Crippen molar-refractivity contribution in [1.29, 1.82) is 0 Å². The molecule has 2 atom stereocenters. The maximum absolute atomic E-state index is 13.8. The Kier molecular flexibility index (Phi) is 8.94. The molecule has 212 valence electrons. The number of alkyl halides is 3. The number of benzene rings is 1. The summed E-state index contributed by atoms with van der Waals surface area (Å²) in [4.78, 5) is 35.4. The summed E-state index contributed by atoms with van der Waals surface area (Å²) in [5, 5.41) is 11.7. The van der Waals surface area contributed by atoms with Gasteiger partial charge in [-0.1, -0.05) is 6.42 Å². The molecule has 1 aliphatic heterocycles. The van der Waals surface area contributed by atoms with E-state index in [1.165, 1.54) is 0 Å². The molecule has 39 heavy (non-hydrogen) atoms. The van der Waals surface area contributed by atoms with Gasteiger partial charge in [-0.15, -0.1) is 0 Å². The number of carbonyl (C=O) groups excluding carboxylic acids is 2. The van der Waals surface area contributed by atoms with E-state index in [0.717, 1.165) is 38.5 Å². The summed E-state index contributed by atoms with van der Waals surface area (Å²) in [6.45, 7) is 5.55. The molecule has 1 aromatic carbocycles. The van der Waals surface area contributed by atoms with Crippen LogP contribution >= 0.6 is 0 Å². The Morgan fingerprint density at radius 1 is 1.05 bits per heavy atom. The molecular formula is C27H36F3N7O2. The number of halogens is 3. The second-order valence-electron chi connectivity index (χ2n) is 10.7. The number of nitrogens with zero attached hydrogens (tertiary/aromatic N) is 3. The third-order valence-electron chi connectivity index (χ3n) is 7.16. The predicted octanol–water partition coefficient (Wildman–Crippen LogP) is 4.17. The molecule has 4 rings (SSSR count). The highest BCUT2D eigenvalue weighted by atomic mass is 19.4. The number of anilines is 3. The lowest BCUT2D eigenvalue weighted by atomic mass is 10.0. The summed E-state index contributed by atoms with van der Waals surface area (Å²) in [6, 6.07) is 6.19. The Balaban J connectivity index is 1.45. The number of piperidine rings is 1. The number of carbonyl (C=O) groups is 2. The van der Waals surface area contributed by atoms with E-state index in [9.17, 15) is 22.8 Å². The van der Waals surface area contributed by atoms with Crippen LogP contribution in [0.1, 0.15) is 61.9 Å². The molecule has 1 aliphatic carbocycles. The van der Waals surface area contributed by atoms with E-state index in [4.69, 9.17) is 0 Å². The molecule has 0 radical (unpaired) electrons. The van der Waals surface area contributed by atoms with Crippen molar-refractivity contribution in [1.82, 2.24) is 25.5 Å². The molecule has 2 aliphatic rings. The zero-order valence-corrected chi connectivity index (χ0v) is 22.4. The average Bonchev–Trinajstić information content (AvgIpc) is 3.33. The molecule has 1 aromatic heterocycles. The number of likely N-dealkylation sites (tertiary alicyclic amines) is 1. The van der Waals surface area contributed by atoms with Gasteiger partial charge in [0.15, 0.2) is 0 Å². The van der Waals surface area contributed by atoms with Gasteiger partial charge in [0.05, 0.1) is 5.92 Å². The molecule has 2 fully saturated rings. The van der Waals surface area contributed by atoms with Crippen molar-refractivity contribution >= 4 is 29.3 Å². The van der Waals surface area contributed by atoms with Crippen LogP contribution in [-0.4, -0.2) is 64.9 Å². The van der Waals surface area contributed by atoms with Crippen LogP contribution in [0.15, 0.2) is 30.5 Å². The van der Waals surface area contributed by atoms with E-state index < -0.39 is 23.7 Å². The predicted molar refractivity (Wildman–Crippen MR) is 143 cm³/mol. The number of hydrogen-bond donors (Lipinski definition) is 4. The molecule has 2 amide bonds. The second kappa shape index (κ2) is 12.2. The van der Waals surface area contributed by atoms with E-state index >= 15 is 0 Å². The largest absolute Gasteiger partial charge is 0.421 e. The summed E-state index contributed by atoms with van der Waals surface area (Å²) in [5.41, 5.74) is 0.0117. The highest BCUT2D eigenvalue weighted by Gasteiger charge is 2.39. The fraction of sp³-hybridized carbons (Fsp3) is 0.556. The lowest BCUT2D eigenvalue weighted by molar-refractivity contribution is -0.137. The molecule has 1 saturated heterocycles. The van der Waals surface area contributed by atoms with Gasteiger partial charge in [-0.2, -0.15) is 18.2 Å². The van der Waals surface area contributed by atoms with Crippen molar-refractivity contribution in [2.75, 3.05) is 30.8 Å². The molecule has 12 heteroatoms. The van der Waals surface area contributed by atoms with E-state index in [2.05, 4.69) is 43.2 Å². The number of rotatable bonds is 8. The first-order valence-corrected chi connectivity index (χ1v) is 13.4. The minimum Gasteiger partial charge on any atom is -0.366 e. The van der Waals surface area contributed by atoms with Gasteiger partial charge in [0.25, 0.3) is 5.91 Å². The second-order valence-corrected chi connectivity index (χ2v) is 10.7. The Hall–Kier alpha value is -3.41. The topological polar surface area (TPSA) is 111 Å². The minimum atomic E-state index is -4.67. The van der Waals surface area contributed by atoms with Gasteiger partial charge in [0, 0.05) is 35.6 Å². The zero-order chi connectivity index (χ0) is 28.2.